The molecule has 1 aromatic carbocycles. The van der Waals surface area contributed by atoms with Gasteiger partial charge in [0.1, 0.15) is 12.4 Å². The number of thiazole rings is 1. The van der Waals surface area contributed by atoms with Crippen LogP contribution in [0.25, 0.3) is 11.3 Å². The number of hydrogen-bond donors (Lipinski definition) is 1. The summed E-state index contributed by atoms with van der Waals surface area (Å²) >= 11 is 1.71. The predicted molar refractivity (Wildman–Crippen MR) is 76.2 cm³/mol. The molecule has 0 radical (unpaired) electrons. The van der Waals surface area contributed by atoms with Crippen molar-refractivity contribution in [3.05, 3.63) is 34.7 Å². The Morgan fingerprint density at radius 3 is 2.56 bits per heavy atom. The Labute approximate surface area is 112 Å². The zero-order valence-electron chi connectivity index (χ0n) is 10.7. The van der Waals surface area contributed by atoms with Crippen molar-refractivity contribution in [2.75, 3.05) is 13.2 Å². The van der Waals surface area contributed by atoms with Crippen LogP contribution >= 0.6 is 11.3 Å². The van der Waals surface area contributed by atoms with Gasteiger partial charge in [0.05, 0.1) is 10.7 Å². The summed E-state index contributed by atoms with van der Waals surface area (Å²) < 4.78 is 5.45. The molecule has 0 bridgehead atoms. The number of rotatable bonds is 5. The van der Waals surface area contributed by atoms with Gasteiger partial charge in [-0.3, -0.25) is 0 Å². The van der Waals surface area contributed by atoms with Crippen LogP contribution in [0.15, 0.2) is 29.6 Å². The van der Waals surface area contributed by atoms with Crippen LogP contribution in [0.4, 0.5) is 0 Å². The summed E-state index contributed by atoms with van der Waals surface area (Å²) in [4.78, 5) is 4.63. The van der Waals surface area contributed by atoms with E-state index in [4.69, 9.17) is 10.5 Å². The quantitative estimate of drug-likeness (QED) is 0.899. The van der Waals surface area contributed by atoms with Gasteiger partial charge in [0, 0.05) is 23.4 Å². The number of ether oxygens (including phenoxy) is 1. The van der Waals surface area contributed by atoms with E-state index in [0.29, 0.717) is 19.1 Å². The standard InChI is InChI=1S/C14H18N2OS/c1-10(2)14-16-13(9-18-14)11-3-5-12(6-4-11)17-8-7-15/h3-6,9-10H,7-8,15H2,1-2H3. The van der Waals surface area contributed by atoms with Gasteiger partial charge in [0.15, 0.2) is 0 Å². The summed E-state index contributed by atoms with van der Waals surface area (Å²) in [5, 5.41) is 3.28. The van der Waals surface area contributed by atoms with Crippen molar-refractivity contribution in [2.24, 2.45) is 5.73 Å². The lowest BCUT2D eigenvalue weighted by Crippen LogP contribution is -2.10. The molecule has 0 atom stereocenters. The molecule has 1 aromatic heterocycles. The average Bonchev–Trinajstić information content (AvgIpc) is 2.87. The molecule has 0 fully saturated rings. The van der Waals surface area contributed by atoms with Crippen LogP contribution in [0.2, 0.25) is 0 Å². The van der Waals surface area contributed by atoms with Gasteiger partial charge >= 0.3 is 0 Å². The van der Waals surface area contributed by atoms with Gasteiger partial charge in [-0.05, 0) is 24.3 Å². The highest BCUT2D eigenvalue weighted by atomic mass is 32.1. The molecule has 0 amide bonds. The normalized spacial score (nSPS) is 10.9. The Kier molecular flexibility index (Phi) is 4.33. The van der Waals surface area contributed by atoms with Crippen molar-refractivity contribution < 1.29 is 4.74 Å². The summed E-state index contributed by atoms with van der Waals surface area (Å²) in [6, 6.07) is 7.98. The fourth-order valence-corrected chi connectivity index (χ4v) is 2.43. The molecular formula is C14H18N2OS. The maximum Gasteiger partial charge on any atom is 0.119 e. The lowest BCUT2D eigenvalue weighted by Gasteiger charge is -2.04. The molecule has 2 aromatic rings. The van der Waals surface area contributed by atoms with Gasteiger partial charge in [0.25, 0.3) is 0 Å². The van der Waals surface area contributed by atoms with Crippen molar-refractivity contribution in [3.8, 4) is 17.0 Å². The highest BCUT2D eigenvalue weighted by Gasteiger charge is 2.07. The van der Waals surface area contributed by atoms with Crippen LogP contribution in [0, 0.1) is 0 Å². The number of benzene rings is 1. The zero-order chi connectivity index (χ0) is 13.0. The van der Waals surface area contributed by atoms with Crippen molar-refractivity contribution >= 4 is 11.3 Å². The third-order valence-electron chi connectivity index (χ3n) is 2.55. The third kappa shape index (κ3) is 3.09. The molecule has 96 valence electrons. The van der Waals surface area contributed by atoms with E-state index in [2.05, 4.69) is 24.2 Å². The molecule has 0 spiro atoms. The first-order chi connectivity index (χ1) is 8.70. The smallest absolute Gasteiger partial charge is 0.119 e. The van der Waals surface area contributed by atoms with Crippen LogP contribution in [-0.2, 0) is 0 Å². The van der Waals surface area contributed by atoms with E-state index in [1.807, 2.05) is 24.3 Å². The lowest BCUT2D eigenvalue weighted by atomic mass is 10.1. The Balaban J connectivity index is 2.12. The van der Waals surface area contributed by atoms with Gasteiger partial charge in [-0.15, -0.1) is 11.3 Å². The minimum absolute atomic E-state index is 0.482. The van der Waals surface area contributed by atoms with E-state index >= 15 is 0 Å². The van der Waals surface area contributed by atoms with Crippen molar-refractivity contribution in [1.29, 1.82) is 0 Å². The van der Waals surface area contributed by atoms with Crippen molar-refractivity contribution in [2.45, 2.75) is 19.8 Å². The maximum absolute atomic E-state index is 5.45. The number of hydrogen-bond acceptors (Lipinski definition) is 4. The minimum Gasteiger partial charge on any atom is -0.492 e. The van der Waals surface area contributed by atoms with E-state index in [-0.39, 0.29) is 0 Å². The summed E-state index contributed by atoms with van der Waals surface area (Å²) in [5.41, 5.74) is 7.55. The Bertz CT molecular complexity index is 491. The Morgan fingerprint density at radius 2 is 2.00 bits per heavy atom. The summed E-state index contributed by atoms with van der Waals surface area (Å²) in [5.74, 6) is 1.33. The van der Waals surface area contributed by atoms with Gasteiger partial charge in [-0.1, -0.05) is 13.8 Å². The van der Waals surface area contributed by atoms with Gasteiger partial charge < -0.3 is 10.5 Å². The fraction of sp³-hybridized carbons (Fsp3) is 0.357. The zero-order valence-corrected chi connectivity index (χ0v) is 11.5. The molecular weight excluding hydrogens is 244 g/mol. The molecule has 0 aliphatic heterocycles. The second-order valence-electron chi connectivity index (χ2n) is 4.39. The maximum atomic E-state index is 5.45. The Morgan fingerprint density at radius 1 is 1.28 bits per heavy atom. The van der Waals surface area contributed by atoms with Crippen LogP contribution in [0.1, 0.15) is 24.8 Å². The average molecular weight is 262 g/mol. The molecule has 2 rings (SSSR count). The summed E-state index contributed by atoms with van der Waals surface area (Å²) in [6.07, 6.45) is 0. The molecule has 2 N–H and O–H groups in total. The van der Waals surface area contributed by atoms with Crippen LogP contribution in [0.3, 0.4) is 0 Å². The highest BCUT2D eigenvalue weighted by molar-refractivity contribution is 7.10. The molecule has 0 aliphatic carbocycles. The van der Waals surface area contributed by atoms with Crippen molar-refractivity contribution in [1.82, 2.24) is 4.98 Å². The van der Waals surface area contributed by atoms with Crippen molar-refractivity contribution in [3.63, 3.8) is 0 Å². The molecule has 0 saturated heterocycles. The third-order valence-corrected chi connectivity index (χ3v) is 3.70. The molecule has 0 saturated carbocycles. The lowest BCUT2D eigenvalue weighted by molar-refractivity contribution is 0.328. The van der Waals surface area contributed by atoms with E-state index in [1.165, 1.54) is 5.01 Å². The van der Waals surface area contributed by atoms with Crippen LogP contribution < -0.4 is 10.5 Å². The van der Waals surface area contributed by atoms with Crippen LogP contribution in [0.5, 0.6) is 5.75 Å². The minimum atomic E-state index is 0.482. The monoisotopic (exact) mass is 262 g/mol. The fourth-order valence-electron chi connectivity index (χ4n) is 1.58. The molecule has 0 unspecified atom stereocenters. The number of nitrogens with two attached hydrogens (primary N) is 1. The molecule has 4 heteroatoms. The summed E-state index contributed by atoms with van der Waals surface area (Å²) in [7, 11) is 0. The largest absolute Gasteiger partial charge is 0.492 e. The molecule has 3 nitrogen and oxygen atoms in total. The first-order valence-electron chi connectivity index (χ1n) is 6.09. The van der Waals surface area contributed by atoms with E-state index in [9.17, 15) is 0 Å². The van der Waals surface area contributed by atoms with E-state index < -0.39 is 0 Å². The number of aromatic nitrogens is 1. The highest BCUT2D eigenvalue weighted by Crippen LogP contribution is 2.27. The first kappa shape index (κ1) is 13.1. The predicted octanol–water partition coefficient (Wildman–Crippen LogP) is 3.27. The first-order valence-corrected chi connectivity index (χ1v) is 6.97. The second kappa shape index (κ2) is 5.98. The molecule has 0 aliphatic rings. The summed E-state index contributed by atoms with van der Waals surface area (Å²) in [6.45, 7) is 5.40. The van der Waals surface area contributed by atoms with Gasteiger partial charge in [0.2, 0.25) is 0 Å². The molecule has 18 heavy (non-hydrogen) atoms. The second-order valence-corrected chi connectivity index (χ2v) is 5.28. The van der Waals surface area contributed by atoms with E-state index in [0.717, 1.165) is 17.0 Å². The topological polar surface area (TPSA) is 48.1 Å². The SMILES string of the molecule is CC(C)c1nc(-c2ccc(OCCN)cc2)cs1. The van der Waals surface area contributed by atoms with Crippen LogP contribution in [-0.4, -0.2) is 18.1 Å². The van der Waals surface area contributed by atoms with E-state index in [1.54, 1.807) is 11.3 Å². The van der Waals surface area contributed by atoms with Gasteiger partial charge in [-0.2, -0.15) is 0 Å². The Hall–Kier alpha value is -1.39. The van der Waals surface area contributed by atoms with Gasteiger partial charge in [-0.25, -0.2) is 4.98 Å². The molecule has 1 heterocycles. The number of nitrogens with zero attached hydrogens (tertiary/aromatic N) is 1.